The SMILES string of the molecule is c1ccc(CN=C2OC(c3ccccc3)=C3C(=NCc4ccccc4)OC(c4ccccc4)=C23)cc1. The number of benzene rings is 4. The van der Waals surface area contributed by atoms with Gasteiger partial charge in [-0.05, 0) is 11.1 Å². The number of nitrogens with zero attached hydrogens (tertiary/aromatic N) is 2. The third-order valence-corrected chi connectivity index (χ3v) is 6.10. The molecule has 6 rings (SSSR count). The summed E-state index contributed by atoms with van der Waals surface area (Å²) in [6, 6.07) is 40.5. The first-order chi connectivity index (χ1) is 17.9. The van der Waals surface area contributed by atoms with Crippen LogP contribution in [0.15, 0.2) is 142 Å². The van der Waals surface area contributed by atoms with Crippen LogP contribution in [0, 0.1) is 0 Å². The number of hydrogen-bond donors (Lipinski definition) is 0. The van der Waals surface area contributed by atoms with E-state index >= 15 is 0 Å². The molecule has 2 aliphatic heterocycles. The van der Waals surface area contributed by atoms with Crippen LogP contribution in [0.1, 0.15) is 22.3 Å². The highest BCUT2D eigenvalue weighted by Gasteiger charge is 2.42. The molecule has 0 N–H and O–H groups in total. The van der Waals surface area contributed by atoms with Crippen LogP contribution in [0.3, 0.4) is 0 Å². The van der Waals surface area contributed by atoms with Gasteiger partial charge in [-0.3, -0.25) is 0 Å². The molecule has 2 heterocycles. The predicted octanol–water partition coefficient (Wildman–Crippen LogP) is 7.07. The minimum Gasteiger partial charge on any atom is -0.437 e. The Hall–Kier alpha value is -4.70. The Morgan fingerprint density at radius 3 is 1.11 bits per heavy atom. The van der Waals surface area contributed by atoms with Gasteiger partial charge in [-0.15, -0.1) is 0 Å². The van der Waals surface area contributed by atoms with Gasteiger partial charge in [0.15, 0.2) is 0 Å². The lowest BCUT2D eigenvalue weighted by Crippen LogP contribution is -2.03. The highest BCUT2D eigenvalue weighted by molar-refractivity contribution is 6.27. The third kappa shape index (κ3) is 4.37. The Morgan fingerprint density at radius 2 is 0.750 bits per heavy atom. The maximum atomic E-state index is 6.48. The molecule has 0 aromatic heterocycles. The molecule has 0 unspecified atom stereocenters. The second kappa shape index (κ2) is 9.88. The fourth-order valence-corrected chi connectivity index (χ4v) is 4.33. The second-order valence-electron chi connectivity index (χ2n) is 8.56. The molecule has 0 bridgehead atoms. The van der Waals surface area contributed by atoms with Crippen molar-refractivity contribution in [1.29, 1.82) is 0 Å². The van der Waals surface area contributed by atoms with Gasteiger partial charge in [0.1, 0.15) is 11.5 Å². The van der Waals surface area contributed by atoms with Crippen LogP contribution >= 0.6 is 0 Å². The quantitative estimate of drug-likeness (QED) is 0.304. The number of rotatable bonds is 6. The van der Waals surface area contributed by atoms with Gasteiger partial charge in [0.25, 0.3) is 0 Å². The summed E-state index contributed by atoms with van der Waals surface area (Å²) in [5, 5.41) is 0. The predicted molar refractivity (Wildman–Crippen MR) is 144 cm³/mol. The highest BCUT2D eigenvalue weighted by atomic mass is 16.5. The average Bonchev–Trinajstić information content (AvgIpc) is 3.52. The van der Waals surface area contributed by atoms with Crippen molar-refractivity contribution in [3.8, 4) is 0 Å². The number of fused-ring (bicyclic) bond motifs is 1. The zero-order valence-electron chi connectivity index (χ0n) is 19.7. The first-order valence-electron chi connectivity index (χ1n) is 12.0. The molecule has 4 aromatic rings. The summed E-state index contributed by atoms with van der Waals surface area (Å²) in [6.45, 7) is 1.02. The molecule has 0 fully saturated rings. The first kappa shape index (κ1) is 21.8. The molecule has 36 heavy (non-hydrogen) atoms. The summed E-state index contributed by atoms with van der Waals surface area (Å²) in [5.41, 5.74) is 5.84. The maximum absolute atomic E-state index is 6.48. The van der Waals surface area contributed by atoms with Crippen molar-refractivity contribution in [2.24, 2.45) is 9.98 Å². The second-order valence-corrected chi connectivity index (χ2v) is 8.56. The largest absolute Gasteiger partial charge is 0.437 e. The fraction of sp³-hybridized carbons (Fsp3) is 0.0625. The van der Waals surface area contributed by atoms with E-state index in [1.165, 1.54) is 0 Å². The summed E-state index contributed by atoms with van der Waals surface area (Å²) in [5.74, 6) is 2.54. The van der Waals surface area contributed by atoms with Crippen LogP contribution in [-0.2, 0) is 22.6 Å². The zero-order valence-corrected chi connectivity index (χ0v) is 19.7. The van der Waals surface area contributed by atoms with E-state index in [1.54, 1.807) is 0 Å². The smallest absolute Gasteiger partial charge is 0.227 e. The molecule has 0 atom stereocenters. The monoisotopic (exact) mass is 468 g/mol. The lowest BCUT2D eigenvalue weighted by molar-refractivity contribution is 0.495. The van der Waals surface area contributed by atoms with E-state index in [4.69, 9.17) is 19.5 Å². The van der Waals surface area contributed by atoms with E-state index in [9.17, 15) is 0 Å². The van der Waals surface area contributed by atoms with Crippen molar-refractivity contribution < 1.29 is 9.47 Å². The summed E-state index contributed by atoms with van der Waals surface area (Å²) < 4.78 is 13.0. The Balaban J connectivity index is 1.49. The minimum atomic E-state index is 0.508. The van der Waals surface area contributed by atoms with Gasteiger partial charge < -0.3 is 9.47 Å². The van der Waals surface area contributed by atoms with Gasteiger partial charge in [-0.25, -0.2) is 9.98 Å². The fourth-order valence-electron chi connectivity index (χ4n) is 4.33. The van der Waals surface area contributed by atoms with Gasteiger partial charge in [0.05, 0.1) is 24.2 Å². The van der Waals surface area contributed by atoms with Crippen molar-refractivity contribution in [2.75, 3.05) is 0 Å². The molecule has 0 aliphatic carbocycles. The summed E-state index contributed by atoms with van der Waals surface area (Å²) >= 11 is 0. The molecule has 2 aliphatic rings. The molecule has 0 radical (unpaired) electrons. The molecular weight excluding hydrogens is 444 g/mol. The standard InChI is InChI=1S/C32H24N2O2/c1-5-13-23(14-6-1)21-33-31-27-28(30(35-31)26-19-11-4-12-20-26)32(34-22-24-15-7-2-8-16-24)36-29(27)25-17-9-3-10-18-25/h1-20H,21-22H2. The number of hydrogen-bond acceptors (Lipinski definition) is 4. The average molecular weight is 469 g/mol. The van der Waals surface area contributed by atoms with E-state index in [0.717, 1.165) is 44.9 Å². The van der Waals surface area contributed by atoms with Crippen molar-refractivity contribution >= 4 is 23.3 Å². The first-order valence-corrected chi connectivity index (χ1v) is 12.0. The zero-order chi connectivity index (χ0) is 24.2. The maximum Gasteiger partial charge on any atom is 0.227 e. The molecule has 0 amide bonds. The number of ether oxygens (including phenoxy) is 2. The Kier molecular flexibility index (Phi) is 5.99. The van der Waals surface area contributed by atoms with Crippen LogP contribution in [0.2, 0.25) is 0 Å². The lowest BCUT2D eigenvalue weighted by atomic mass is 10.0. The molecular formula is C32H24N2O2. The van der Waals surface area contributed by atoms with Crippen molar-refractivity contribution in [1.82, 2.24) is 0 Å². The minimum absolute atomic E-state index is 0.508. The summed E-state index contributed by atoms with van der Waals surface area (Å²) in [4.78, 5) is 9.80. The van der Waals surface area contributed by atoms with Crippen molar-refractivity contribution in [2.45, 2.75) is 13.1 Å². The van der Waals surface area contributed by atoms with E-state index in [0.29, 0.717) is 24.9 Å². The van der Waals surface area contributed by atoms with Gasteiger partial charge in [0.2, 0.25) is 11.8 Å². The molecule has 0 spiro atoms. The Labute approximate surface area is 210 Å². The topological polar surface area (TPSA) is 43.2 Å². The summed E-state index contributed by atoms with van der Waals surface area (Å²) in [7, 11) is 0. The van der Waals surface area contributed by atoms with E-state index in [-0.39, 0.29) is 0 Å². The van der Waals surface area contributed by atoms with E-state index < -0.39 is 0 Å². The summed E-state index contributed by atoms with van der Waals surface area (Å²) in [6.07, 6.45) is 0. The molecule has 0 saturated carbocycles. The van der Waals surface area contributed by atoms with Gasteiger partial charge in [0, 0.05) is 11.1 Å². The Morgan fingerprint density at radius 1 is 0.417 bits per heavy atom. The lowest BCUT2D eigenvalue weighted by Gasteiger charge is -2.10. The Bertz CT molecular complexity index is 1370. The van der Waals surface area contributed by atoms with Crippen molar-refractivity contribution in [3.05, 3.63) is 155 Å². The highest BCUT2D eigenvalue weighted by Crippen LogP contribution is 2.44. The van der Waals surface area contributed by atoms with Crippen LogP contribution in [-0.4, -0.2) is 11.8 Å². The molecule has 4 heteroatoms. The molecule has 0 saturated heterocycles. The van der Waals surface area contributed by atoms with E-state index in [1.807, 2.05) is 97.1 Å². The van der Waals surface area contributed by atoms with E-state index in [2.05, 4.69) is 24.3 Å². The van der Waals surface area contributed by atoms with Crippen LogP contribution in [0.5, 0.6) is 0 Å². The van der Waals surface area contributed by atoms with Crippen LogP contribution in [0.4, 0.5) is 0 Å². The molecule has 4 nitrogen and oxygen atoms in total. The number of aliphatic imine (C=N–C) groups is 2. The molecule has 174 valence electrons. The normalized spacial score (nSPS) is 16.9. The van der Waals surface area contributed by atoms with Gasteiger partial charge >= 0.3 is 0 Å². The third-order valence-electron chi connectivity index (χ3n) is 6.10. The van der Waals surface area contributed by atoms with Gasteiger partial charge in [-0.2, -0.15) is 0 Å². The molecule has 4 aromatic carbocycles. The van der Waals surface area contributed by atoms with Crippen LogP contribution < -0.4 is 0 Å². The van der Waals surface area contributed by atoms with Gasteiger partial charge in [-0.1, -0.05) is 121 Å². The van der Waals surface area contributed by atoms with Crippen molar-refractivity contribution in [3.63, 3.8) is 0 Å². The van der Waals surface area contributed by atoms with Crippen LogP contribution in [0.25, 0.3) is 11.5 Å².